The van der Waals surface area contributed by atoms with Crippen molar-refractivity contribution in [2.45, 2.75) is 6.92 Å². The van der Waals surface area contributed by atoms with Crippen LogP contribution in [0.5, 0.6) is 0 Å². The van der Waals surface area contributed by atoms with Gasteiger partial charge in [0, 0.05) is 5.57 Å². The van der Waals surface area contributed by atoms with E-state index >= 15 is 0 Å². The van der Waals surface area contributed by atoms with E-state index in [-0.39, 0.29) is 12.2 Å². The number of aliphatic carboxylic acids is 1. The number of carboxylic acid groups (broad SMARTS) is 2. The van der Waals surface area contributed by atoms with Crippen molar-refractivity contribution < 1.29 is 24.5 Å². The van der Waals surface area contributed by atoms with Gasteiger partial charge in [-0.25, -0.2) is 9.59 Å². The minimum atomic E-state index is -1.26. The average Bonchev–Trinajstić information content (AvgIpc) is 2.01. The molecule has 0 amide bonds. The third-order valence-corrected chi connectivity index (χ3v) is 0.690. The first-order valence-corrected chi connectivity index (χ1v) is 3.27. The lowest BCUT2D eigenvalue weighted by Gasteiger charge is -1.88. The highest BCUT2D eigenvalue weighted by atomic mass is 16.7. The first kappa shape index (κ1) is 13.8. The van der Waals surface area contributed by atoms with Gasteiger partial charge in [-0.2, -0.15) is 0 Å². The zero-order chi connectivity index (χ0) is 10.9. The first-order chi connectivity index (χ1) is 5.91. The Morgan fingerprint density at radius 1 is 1.46 bits per heavy atom. The first-order valence-electron chi connectivity index (χ1n) is 3.27. The van der Waals surface area contributed by atoms with Crippen molar-refractivity contribution in [2.75, 3.05) is 6.61 Å². The molecule has 13 heavy (non-hydrogen) atoms. The predicted molar refractivity (Wildman–Crippen MR) is 46.6 cm³/mol. The molecule has 0 heterocycles. The molecule has 0 bridgehead atoms. The number of ether oxygens (including phenoxy) is 1. The Morgan fingerprint density at radius 2 is 1.85 bits per heavy atom. The zero-order valence-electron chi connectivity index (χ0n) is 7.32. The number of hydrogen-bond donors (Lipinski definition) is 2. The molecule has 74 valence electrons. The summed E-state index contributed by atoms with van der Waals surface area (Å²) in [6.45, 7) is 7.91. The summed E-state index contributed by atoms with van der Waals surface area (Å²) >= 11 is 0. The molecule has 0 aliphatic rings. The highest BCUT2D eigenvalue weighted by Gasteiger charge is 1.90. The van der Waals surface area contributed by atoms with E-state index in [0.29, 0.717) is 0 Å². The molecule has 5 heteroatoms. The molecule has 0 aromatic heterocycles. The fourth-order valence-electron chi connectivity index (χ4n) is 0.130. The van der Waals surface area contributed by atoms with Crippen molar-refractivity contribution in [1.82, 2.24) is 0 Å². The van der Waals surface area contributed by atoms with Gasteiger partial charge >= 0.3 is 12.1 Å². The molecule has 0 fully saturated rings. The van der Waals surface area contributed by atoms with Gasteiger partial charge in [0.2, 0.25) is 0 Å². The van der Waals surface area contributed by atoms with Crippen molar-refractivity contribution in [3.63, 3.8) is 0 Å². The second kappa shape index (κ2) is 8.32. The van der Waals surface area contributed by atoms with Gasteiger partial charge in [0.1, 0.15) is 6.61 Å². The molecular formula is C8H12O5. The minimum absolute atomic E-state index is 0.0648. The monoisotopic (exact) mass is 188 g/mol. The van der Waals surface area contributed by atoms with E-state index in [1.165, 1.54) is 13.0 Å². The lowest BCUT2D eigenvalue weighted by Crippen LogP contribution is -1.98. The Kier molecular flexibility index (Phi) is 8.82. The van der Waals surface area contributed by atoms with E-state index < -0.39 is 12.1 Å². The summed E-state index contributed by atoms with van der Waals surface area (Å²) in [6.07, 6.45) is 0.105. The van der Waals surface area contributed by atoms with Crippen LogP contribution in [-0.4, -0.2) is 28.9 Å². The van der Waals surface area contributed by atoms with Crippen molar-refractivity contribution in [2.24, 2.45) is 0 Å². The van der Waals surface area contributed by atoms with Crippen LogP contribution in [0.25, 0.3) is 0 Å². The van der Waals surface area contributed by atoms with Crippen LogP contribution in [-0.2, 0) is 9.53 Å². The van der Waals surface area contributed by atoms with Crippen LogP contribution in [0, 0.1) is 0 Å². The lowest BCUT2D eigenvalue weighted by molar-refractivity contribution is -0.132. The number of carbonyl (C=O) groups is 2. The Labute approximate surface area is 75.9 Å². The Hall–Kier alpha value is -1.78. The molecule has 0 unspecified atom stereocenters. The van der Waals surface area contributed by atoms with Gasteiger partial charge in [-0.1, -0.05) is 19.2 Å². The van der Waals surface area contributed by atoms with Gasteiger partial charge in [0.25, 0.3) is 0 Å². The molecule has 0 aliphatic heterocycles. The van der Waals surface area contributed by atoms with Gasteiger partial charge < -0.3 is 14.9 Å². The maximum atomic E-state index is 9.60. The maximum Gasteiger partial charge on any atom is 0.506 e. The molecule has 0 aliphatic carbocycles. The molecule has 2 N–H and O–H groups in total. The average molecular weight is 188 g/mol. The zero-order valence-corrected chi connectivity index (χ0v) is 7.32. The van der Waals surface area contributed by atoms with Crippen LogP contribution in [0.1, 0.15) is 6.92 Å². The van der Waals surface area contributed by atoms with Crippen molar-refractivity contribution in [3.05, 3.63) is 24.8 Å². The molecule has 5 nitrogen and oxygen atoms in total. The van der Waals surface area contributed by atoms with E-state index in [1.807, 2.05) is 0 Å². The molecule has 0 radical (unpaired) electrons. The van der Waals surface area contributed by atoms with Crippen molar-refractivity contribution in [1.29, 1.82) is 0 Å². The van der Waals surface area contributed by atoms with Crippen LogP contribution < -0.4 is 0 Å². The smallest absolute Gasteiger partial charge is 0.478 e. The highest BCUT2D eigenvalue weighted by molar-refractivity contribution is 5.84. The van der Waals surface area contributed by atoms with Crippen LogP contribution >= 0.6 is 0 Å². The van der Waals surface area contributed by atoms with E-state index in [9.17, 15) is 9.59 Å². The van der Waals surface area contributed by atoms with Crippen LogP contribution in [0.3, 0.4) is 0 Å². The van der Waals surface area contributed by atoms with Gasteiger partial charge in [0.05, 0.1) is 0 Å². The maximum absolute atomic E-state index is 9.60. The highest BCUT2D eigenvalue weighted by Crippen LogP contribution is 1.81. The summed E-state index contributed by atoms with van der Waals surface area (Å²) in [5.41, 5.74) is 0.176. The SMILES string of the molecule is C=C(C)C(=O)O.C=CCOC(=O)O. The lowest BCUT2D eigenvalue weighted by atomic mass is 10.4. The minimum Gasteiger partial charge on any atom is -0.478 e. The Balaban J connectivity index is 0. The fourth-order valence-corrected chi connectivity index (χ4v) is 0.130. The summed E-state index contributed by atoms with van der Waals surface area (Å²) in [5.74, 6) is -0.935. The quantitative estimate of drug-likeness (QED) is 0.398. The normalized spacial score (nSPS) is 7.46. The molecular weight excluding hydrogens is 176 g/mol. The number of carboxylic acids is 1. The van der Waals surface area contributed by atoms with Crippen LogP contribution in [0.15, 0.2) is 24.8 Å². The molecule has 0 rings (SSSR count). The van der Waals surface area contributed by atoms with E-state index in [4.69, 9.17) is 10.2 Å². The Bertz CT molecular complexity index is 195. The van der Waals surface area contributed by atoms with E-state index in [2.05, 4.69) is 17.9 Å². The predicted octanol–water partition coefficient (Wildman–Crippen LogP) is 1.51. The third kappa shape index (κ3) is 17.8. The van der Waals surface area contributed by atoms with Gasteiger partial charge in [0.15, 0.2) is 0 Å². The molecule has 0 saturated heterocycles. The summed E-state index contributed by atoms with van der Waals surface area (Å²) in [5, 5.41) is 15.7. The summed E-state index contributed by atoms with van der Waals surface area (Å²) in [7, 11) is 0. The summed E-state index contributed by atoms with van der Waals surface area (Å²) in [6, 6.07) is 0. The van der Waals surface area contributed by atoms with Crippen LogP contribution in [0.2, 0.25) is 0 Å². The van der Waals surface area contributed by atoms with E-state index in [1.54, 1.807) is 0 Å². The molecule has 0 spiro atoms. The molecule has 0 aromatic rings. The van der Waals surface area contributed by atoms with Crippen LogP contribution in [0.4, 0.5) is 4.79 Å². The summed E-state index contributed by atoms with van der Waals surface area (Å²) < 4.78 is 3.99. The van der Waals surface area contributed by atoms with E-state index in [0.717, 1.165) is 0 Å². The molecule has 0 aromatic carbocycles. The standard InChI is InChI=1S/C4H6O3.C4H6O2/c1-2-3-7-4(5)6;1-3(2)4(5)6/h2H,1,3H2,(H,5,6);1H2,2H3,(H,5,6). The van der Waals surface area contributed by atoms with Crippen molar-refractivity contribution >= 4 is 12.1 Å². The molecule has 0 saturated carbocycles. The summed E-state index contributed by atoms with van der Waals surface area (Å²) in [4.78, 5) is 19.1. The fraction of sp³-hybridized carbons (Fsp3) is 0.250. The number of rotatable bonds is 3. The van der Waals surface area contributed by atoms with Gasteiger partial charge in [-0.05, 0) is 6.92 Å². The van der Waals surface area contributed by atoms with Gasteiger partial charge in [-0.15, -0.1) is 0 Å². The van der Waals surface area contributed by atoms with Crippen molar-refractivity contribution in [3.8, 4) is 0 Å². The second-order valence-corrected chi connectivity index (χ2v) is 1.95. The Morgan fingerprint density at radius 3 is 1.92 bits per heavy atom. The third-order valence-electron chi connectivity index (χ3n) is 0.690. The number of hydrogen-bond acceptors (Lipinski definition) is 3. The van der Waals surface area contributed by atoms with Gasteiger partial charge in [-0.3, -0.25) is 0 Å². The molecule has 0 atom stereocenters. The topological polar surface area (TPSA) is 83.8 Å². The largest absolute Gasteiger partial charge is 0.506 e. The second-order valence-electron chi connectivity index (χ2n) is 1.95.